The second-order valence-electron chi connectivity index (χ2n) is 6.01. The van der Waals surface area contributed by atoms with Crippen molar-refractivity contribution < 1.29 is 9.31 Å². The Labute approximate surface area is 134 Å². The minimum absolute atomic E-state index is 0.319. The average molecular weight is 402 g/mol. The first-order valence-electron chi connectivity index (χ1n) is 6.55. The highest BCUT2D eigenvalue weighted by Crippen LogP contribution is 2.37. The number of fused-ring (bicyclic) bond motifs is 1. The summed E-state index contributed by atoms with van der Waals surface area (Å²) in [6.45, 7) is 8.29. The van der Waals surface area contributed by atoms with Gasteiger partial charge < -0.3 is 9.31 Å². The first kappa shape index (κ1) is 14.8. The maximum absolute atomic E-state index is 6.14. The summed E-state index contributed by atoms with van der Waals surface area (Å²) in [7, 11) is -0.334. The molecular weight excluding hydrogens is 385 g/mol. The van der Waals surface area contributed by atoms with Gasteiger partial charge in [0.1, 0.15) is 0 Å². The Morgan fingerprint density at radius 1 is 1.20 bits per heavy atom. The molecule has 0 radical (unpaired) electrons. The average Bonchev–Trinajstić information content (AvgIpc) is 2.88. The van der Waals surface area contributed by atoms with E-state index in [-0.39, 0.29) is 18.3 Å². The van der Waals surface area contributed by atoms with E-state index in [0.29, 0.717) is 6.37 Å². The largest absolute Gasteiger partial charge is 0.495 e. The van der Waals surface area contributed by atoms with Crippen molar-refractivity contribution >= 4 is 51.9 Å². The van der Waals surface area contributed by atoms with Crippen molar-refractivity contribution in [2.45, 2.75) is 38.9 Å². The Hall–Kier alpha value is -0.165. The van der Waals surface area contributed by atoms with E-state index in [0.717, 1.165) is 16.4 Å². The third-order valence-corrected chi connectivity index (χ3v) is 6.12. The van der Waals surface area contributed by atoms with Crippen LogP contribution in [-0.2, 0) is 9.31 Å². The van der Waals surface area contributed by atoms with Crippen molar-refractivity contribution in [1.29, 1.82) is 0 Å². The molecule has 0 spiro atoms. The molecular formula is C13H17BIN2O2P. The number of aromatic nitrogens is 2. The minimum atomic E-state index is -0.334. The third-order valence-electron chi connectivity index (χ3n) is 4.23. The highest BCUT2D eigenvalue weighted by Gasteiger charge is 2.52. The summed E-state index contributed by atoms with van der Waals surface area (Å²) in [5, 5.41) is 5.54. The second kappa shape index (κ2) is 4.94. The molecule has 0 amide bonds. The summed E-state index contributed by atoms with van der Waals surface area (Å²) in [5.41, 5.74) is 1.55. The molecule has 20 heavy (non-hydrogen) atoms. The Bertz CT molecular complexity index is 643. The summed E-state index contributed by atoms with van der Waals surface area (Å²) in [5.74, 6) is 0. The van der Waals surface area contributed by atoms with Crippen LogP contribution in [0.25, 0.3) is 10.9 Å². The highest BCUT2D eigenvalue weighted by molar-refractivity contribution is 14.2. The topological polar surface area (TPSA) is 36.3 Å². The summed E-state index contributed by atoms with van der Waals surface area (Å²) in [6.07, 6.45) is 2.49. The van der Waals surface area contributed by atoms with Crippen molar-refractivity contribution in [3.63, 3.8) is 0 Å². The molecule has 106 valence electrons. The van der Waals surface area contributed by atoms with Gasteiger partial charge in [-0.2, -0.15) is 5.10 Å². The van der Waals surface area contributed by atoms with E-state index < -0.39 is 0 Å². The maximum atomic E-state index is 6.14. The lowest BCUT2D eigenvalue weighted by Gasteiger charge is -2.32. The molecule has 1 fully saturated rings. The summed E-state index contributed by atoms with van der Waals surface area (Å²) >= 11 is 2.33. The normalized spacial score (nSPS) is 21.4. The monoisotopic (exact) mass is 402 g/mol. The van der Waals surface area contributed by atoms with Gasteiger partial charge in [0.25, 0.3) is 0 Å². The van der Waals surface area contributed by atoms with Gasteiger partial charge in [0.2, 0.25) is 0 Å². The van der Waals surface area contributed by atoms with Gasteiger partial charge >= 0.3 is 7.12 Å². The zero-order chi connectivity index (χ0) is 14.5. The van der Waals surface area contributed by atoms with Crippen molar-refractivity contribution in [1.82, 2.24) is 9.55 Å². The van der Waals surface area contributed by atoms with Gasteiger partial charge in [-0.15, -0.1) is 0 Å². The fourth-order valence-electron chi connectivity index (χ4n) is 2.32. The van der Waals surface area contributed by atoms with E-state index in [2.05, 4.69) is 67.0 Å². The summed E-state index contributed by atoms with van der Waals surface area (Å²) < 4.78 is 14.3. The van der Waals surface area contributed by atoms with Gasteiger partial charge in [0, 0.05) is 5.39 Å². The molecule has 2 aromatic rings. The molecule has 0 bridgehead atoms. The van der Waals surface area contributed by atoms with Crippen LogP contribution in [0.4, 0.5) is 0 Å². The van der Waals surface area contributed by atoms with E-state index in [1.807, 2.05) is 16.7 Å². The molecule has 0 N–H and O–H groups in total. The van der Waals surface area contributed by atoms with Crippen LogP contribution in [0.15, 0.2) is 24.4 Å². The lowest BCUT2D eigenvalue weighted by atomic mass is 9.77. The van der Waals surface area contributed by atoms with Gasteiger partial charge in [0.15, 0.2) is 0 Å². The predicted octanol–water partition coefficient (Wildman–Crippen LogP) is 3.13. The lowest BCUT2D eigenvalue weighted by molar-refractivity contribution is 0.00578. The molecule has 7 heteroatoms. The Balaban J connectivity index is 2.06. The zero-order valence-corrected chi connectivity index (χ0v) is 15.1. The van der Waals surface area contributed by atoms with Crippen LogP contribution in [0.1, 0.15) is 27.7 Å². The number of benzene rings is 1. The third kappa shape index (κ3) is 2.21. The van der Waals surface area contributed by atoms with Gasteiger partial charge in [-0.05, 0) is 61.3 Å². The standard InChI is InChI=1S/C13H17BIN2O2P/c1-12(2)13(3,4)19-14(18-12)10-6-5-7-11-9(10)8-16-17(11)20-15/h5-8,20H,1-4H3. The molecule has 1 unspecified atom stereocenters. The summed E-state index contributed by atoms with van der Waals surface area (Å²) in [4.78, 5) is 0. The molecule has 0 saturated carbocycles. The van der Waals surface area contributed by atoms with Crippen LogP contribution in [0.2, 0.25) is 0 Å². The van der Waals surface area contributed by atoms with Gasteiger partial charge in [-0.1, -0.05) is 12.1 Å². The van der Waals surface area contributed by atoms with E-state index in [4.69, 9.17) is 9.31 Å². The number of hydrogen-bond donors (Lipinski definition) is 0. The predicted molar refractivity (Wildman–Crippen MR) is 93.2 cm³/mol. The van der Waals surface area contributed by atoms with Crippen LogP contribution in [0.5, 0.6) is 0 Å². The minimum Gasteiger partial charge on any atom is -0.399 e. The SMILES string of the molecule is CC1(C)OB(c2cccc3c2cnn3PI)OC1(C)C. The zero-order valence-electron chi connectivity index (χ0n) is 12.0. The van der Waals surface area contributed by atoms with Crippen LogP contribution in [-0.4, -0.2) is 27.9 Å². The van der Waals surface area contributed by atoms with Crippen LogP contribution in [0, 0.1) is 0 Å². The van der Waals surface area contributed by atoms with Crippen molar-refractivity contribution in [3.05, 3.63) is 24.4 Å². The van der Waals surface area contributed by atoms with Gasteiger partial charge in [-0.3, -0.25) is 0 Å². The Morgan fingerprint density at radius 2 is 1.85 bits per heavy atom. The number of hydrogen-bond acceptors (Lipinski definition) is 3. The van der Waals surface area contributed by atoms with Crippen molar-refractivity contribution in [2.24, 2.45) is 0 Å². The molecule has 1 saturated heterocycles. The Morgan fingerprint density at radius 3 is 2.45 bits per heavy atom. The van der Waals surface area contributed by atoms with Crippen LogP contribution < -0.4 is 5.46 Å². The lowest BCUT2D eigenvalue weighted by Crippen LogP contribution is -2.41. The molecule has 1 atom stereocenters. The molecule has 4 nitrogen and oxygen atoms in total. The van der Waals surface area contributed by atoms with E-state index in [9.17, 15) is 0 Å². The first-order valence-corrected chi connectivity index (χ1v) is 10.6. The number of halogens is 1. The molecule has 3 rings (SSSR count). The fraction of sp³-hybridized carbons (Fsp3) is 0.462. The fourth-order valence-corrected chi connectivity index (χ4v) is 3.86. The molecule has 2 heterocycles. The summed E-state index contributed by atoms with van der Waals surface area (Å²) in [6, 6.07) is 6.19. The van der Waals surface area contributed by atoms with Crippen LogP contribution in [0.3, 0.4) is 0 Å². The molecule has 1 aromatic carbocycles. The second-order valence-corrected chi connectivity index (χ2v) is 8.05. The number of rotatable bonds is 2. The van der Waals surface area contributed by atoms with Crippen molar-refractivity contribution in [2.75, 3.05) is 0 Å². The number of nitrogens with zero attached hydrogens (tertiary/aromatic N) is 2. The van der Waals surface area contributed by atoms with Gasteiger partial charge in [-0.25, -0.2) is 4.45 Å². The maximum Gasteiger partial charge on any atom is 0.495 e. The Kier molecular flexibility index (Phi) is 3.64. The van der Waals surface area contributed by atoms with E-state index in [1.165, 1.54) is 0 Å². The highest BCUT2D eigenvalue weighted by atomic mass is 127. The molecule has 0 aliphatic carbocycles. The van der Waals surface area contributed by atoms with E-state index in [1.54, 1.807) is 0 Å². The molecule has 1 aliphatic rings. The van der Waals surface area contributed by atoms with E-state index >= 15 is 0 Å². The molecule has 1 aromatic heterocycles. The smallest absolute Gasteiger partial charge is 0.399 e. The van der Waals surface area contributed by atoms with Crippen molar-refractivity contribution in [3.8, 4) is 0 Å². The first-order chi connectivity index (χ1) is 9.36. The van der Waals surface area contributed by atoms with Crippen LogP contribution >= 0.6 is 28.4 Å². The van der Waals surface area contributed by atoms with Gasteiger partial charge in [0.05, 0.1) is 29.3 Å². The quantitative estimate of drug-likeness (QED) is 0.440. The molecule has 1 aliphatic heterocycles.